The Hall–Kier alpha value is -1.70. The number of nitrogens with zero attached hydrogens (tertiary/aromatic N) is 3. The Morgan fingerprint density at radius 1 is 1.07 bits per heavy atom. The third kappa shape index (κ3) is 6.72. The minimum Gasteiger partial charge on any atom is -0.379 e. The van der Waals surface area contributed by atoms with Gasteiger partial charge in [0.05, 0.1) is 18.9 Å². The van der Waals surface area contributed by atoms with E-state index in [0.29, 0.717) is 5.11 Å². The maximum atomic E-state index is 5.37. The highest BCUT2D eigenvalue weighted by molar-refractivity contribution is 7.80. The molecule has 0 radical (unpaired) electrons. The van der Waals surface area contributed by atoms with Crippen LogP contribution in [0.4, 0.5) is 5.69 Å². The van der Waals surface area contributed by atoms with Crippen LogP contribution < -0.4 is 15.6 Å². The van der Waals surface area contributed by atoms with Gasteiger partial charge in [-0.15, -0.1) is 0 Å². The maximum absolute atomic E-state index is 5.37. The molecule has 3 rings (SSSR count). The quantitative estimate of drug-likeness (QED) is 0.316. The summed E-state index contributed by atoms with van der Waals surface area (Å²) in [4.78, 5) is 4.89. The number of nitrogens with one attached hydrogen (secondary N) is 2. The average Bonchev–Trinajstić information content (AvgIpc) is 2.76. The van der Waals surface area contributed by atoms with Crippen molar-refractivity contribution in [3.05, 3.63) is 29.8 Å². The van der Waals surface area contributed by atoms with Crippen LogP contribution in [0.2, 0.25) is 0 Å². The van der Waals surface area contributed by atoms with Crippen molar-refractivity contribution in [1.29, 1.82) is 0 Å². The van der Waals surface area contributed by atoms with Crippen LogP contribution in [0.3, 0.4) is 0 Å². The molecule has 2 aliphatic heterocycles. The number of hydrazone groups is 1. The Bertz CT molecular complexity index is 637. The van der Waals surface area contributed by atoms with Gasteiger partial charge in [-0.3, -0.25) is 10.3 Å². The van der Waals surface area contributed by atoms with E-state index in [4.69, 9.17) is 17.0 Å². The van der Waals surface area contributed by atoms with E-state index < -0.39 is 0 Å². The average molecular weight is 404 g/mol. The zero-order valence-electron chi connectivity index (χ0n) is 17.0. The van der Waals surface area contributed by atoms with Crippen LogP contribution >= 0.6 is 12.2 Å². The van der Waals surface area contributed by atoms with Crippen molar-refractivity contribution in [2.75, 3.05) is 57.4 Å². The zero-order valence-corrected chi connectivity index (χ0v) is 17.8. The number of ether oxygens (including phenoxy) is 1. The Morgan fingerprint density at radius 3 is 2.50 bits per heavy atom. The minimum absolute atomic E-state index is 0.575. The van der Waals surface area contributed by atoms with Crippen molar-refractivity contribution in [3.8, 4) is 0 Å². The van der Waals surface area contributed by atoms with Crippen LogP contribution in [-0.2, 0) is 4.74 Å². The predicted molar refractivity (Wildman–Crippen MR) is 120 cm³/mol. The number of thiocarbonyl (C=S) groups is 1. The van der Waals surface area contributed by atoms with Crippen LogP contribution in [0.15, 0.2) is 29.4 Å². The van der Waals surface area contributed by atoms with Crippen LogP contribution in [0.5, 0.6) is 0 Å². The van der Waals surface area contributed by atoms with E-state index in [1.807, 2.05) is 6.92 Å². The second kappa shape index (κ2) is 11.3. The van der Waals surface area contributed by atoms with Crippen molar-refractivity contribution < 1.29 is 4.74 Å². The zero-order chi connectivity index (χ0) is 19.6. The number of anilines is 1. The fourth-order valence-corrected chi connectivity index (χ4v) is 3.78. The van der Waals surface area contributed by atoms with Gasteiger partial charge in [0, 0.05) is 38.4 Å². The number of morpholine rings is 1. The van der Waals surface area contributed by atoms with Crippen molar-refractivity contribution in [2.45, 2.75) is 32.6 Å². The largest absolute Gasteiger partial charge is 0.379 e. The van der Waals surface area contributed by atoms with Crippen LogP contribution in [0.1, 0.15) is 38.2 Å². The molecule has 2 heterocycles. The summed E-state index contributed by atoms with van der Waals surface area (Å²) in [5.41, 5.74) is 6.32. The molecule has 0 atom stereocenters. The summed E-state index contributed by atoms with van der Waals surface area (Å²) >= 11 is 5.33. The molecule has 2 aliphatic rings. The highest BCUT2D eigenvalue weighted by atomic mass is 32.1. The van der Waals surface area contributed by atoms with E-state index >= 15 is 0 Å². The maximum Gasteiger partial charge on any atom is 0.186 e. The predicted octanol–water partition coefficient (Wildman–Crippen LogP) is 2.59. The van der Waals surface area contributed by atoms with Crippen LogP contribution in [-0.4, -0.2) is 68.2 Å². The monoisotopic (exact) mass is 403 g/mol. The van der Waals surface area contributed by atoms with Gasteiger partial charge in [-0.1, -0.05) is 12.1 Å². The fourth-order valence-electron chi connectivity index (χ4n) is 3.63. The molecular formula is C21H33N5OS. The van der Waals surface area contributed by atoms with E-state index in [1.165, 1.54) is 38.0 Å². The van der Waals surface area contributed by atoms with Crippen molar-refractivity contribution in [1.82, 2.24) is 15.6 Å². The molecule has 2 saturated heterocycles. The number of hydrogen-bond acceptors (Lipinski definition) is 5. The van der Waals surface area contributed by atoms with E-state index in [0.717, 1.165) is 57.1 Å². The Morgan fingerprint density at radius 2 is 1.79 bits per heavy atom. The van der Waals surface area contributed by atoms with Gasteiger partial charge < -0.3 is 15.0 Å². The van der Waals surface area contributed by atoms with E-state index in [-0.39, 0.29) is 0 Å². The fraction of sp³-hybridized carbons (Fsp3) is 0.619. The van der Waals surface area contributed by atoms with E-state index in [1.54, 1.807) is 0 Å². The van der Waals surface area contributed by atoms with Gasteiger partial charge in [0.15, 0.2) is 5.11 Å². The summed E-state index contributed by atoms with van der Waals surface area (Å²) in [5.74, 6) is 0. The molecule has 0 amide bonds. The first-order valence-electron chi connectivity index (χ1n) is 10.5. The highest BCUT2D eigenvalue weighted by Gasteiger charge is 2.11. The second-order valence-electron chi connectivity index (χ2n) is 7.47. The second-order valence-corrected chi connectivity index (χ2v) is 7.88. The molecule has 2 fully saturated rings. The molecule has 0 saturated carbocycles. The summed E-state index contributed by atoms with van der Waals surface area (Å²) in [5, 5.41) is 8.23. The summed E-state index contributed by atoms with van der Waals surface area (Å²) in [6.45, 7) is 10.0. The highest BCUT2D eigenvalue weighted by Crippen LogP contribution is 2.20. The lowest BCUT2D eigenvalue weighted by Gasteiger charge is -2.28. The van der Waals surface area contributed by atoms with Gasteiger partial charge in [-0.25, -0.2) is 0 Å². The molecule has 0 bridgehead atoms. The first kappa shape index (κ1) is 21.0. The topological polar surface area (TPSA) is 52.1 Å². The van der Waals surface area contributed by atoms with Crippen molar-refractivity contribution >= 4 is 28.7 Å². The third-order valence-electron chi connectivity index (χ3n) is 5.37. The summed E-state index contributed by atoms with van der Waals surface area (Å²) < 4.78 is 5.37. The number of hydrogen-bond donors (Lipinski definition) is 2. The summed E-state index contributed by atoms with van der Waals surface area (Å²) in [7, 11) is 0. The van der Waals surface area contributed by atoms with Gasteiger partial charge in [0.2, 0.25) is 0 Å². The van der Waals surface area contributed by atoms with Gasteiger partial charge >= 0.3 is 0 Å². The van der Waals surface area contributed by atoms with E-state index in [9.17, 15) is 0 Å². The third-order valence-corrected chi connectivity index (χ3v) is 5.61. The minimum atomic E-state index is 0.575. The normalized spacial score (nSPS) is 18.8. The van der Waals surface area contributed by atoms with Crippen molar-refractivity contribution in [2.24, 2.45) is 5.10 Å². The van der Waals surface area contributed by atoms with Gasteiger partial charge in [0.1, 0.15) is 0 Å². The molecular weight excluding hydrogens is 370 g/mol. The molecule has 0 spiro atoms. The van der Waals surface area contributed by atoms with Gasteiger partial charge in [0.25, 0.3) is 0 Å². The van der Waals surface area contributed by atoms with Gasteiger partial charge in [-0.05, 0) is 69.1 Å². The van der Waals surface area contributed by atoms with Gasteiger partial charge in [-0.2, -0.15) is 5.10 Å². The van der Waals surface area contributed by atoms with Crippen LogP contribution in [0.25, 0.3) is 0 Å². The number of benzene rings is 1. The number of piperidine rings is 1. The molecule has 0 unspecified atom stereocenters. The number of rotatable bonds is 7. The Labute approximate surface area is 174 Å². The molecule has 1 aromatic rings. The summed E-state index contributed by atoms with van der Waals surface area (Å²) in [6, 6.07) is 8.68. The Kier molecular flexibility index (Phi) is 8.51. The van der Waals surface area contributed by atoms with Crippen LogP contribution in [0, 0.1) is 0 Å². The molecule has 1 aromatic carbocycles. The van der Waals surface area contributed by atoms with Crippen molar-refractivity contribution in [3.63, 3.8) is 0 Å². The standard InChI is InChI=1S/C21H33N5OS/c1-18(19-6-8-20(9-7-19)26-12-3-2-4-13-26)23-24-21(28)22-10-5-11-25-14-16-27-17-15-25/h6-9H,2-5,10-17H2,1H3,(H2,22,24,28)/b23-18-. The molecule has 0 aromatic heterocycles. The smallest absolute Gasteiger partial charge is 0.186 e. The molecule has 28 heavy (non-hydrogen) atoms. The molecule has 6 nitrogen and oxygen atoms in total. The molecule has 2 N–H and O–H groups in total. The first-order chi connectivity index (χ1) is 13.7. The lowest BCUT2D eigenvalue weighted by Crippen LogP contribution is -2.39. The molecule has 7 heteroatoms. The van der Waals surface area contributed by atoms with E-state index in [2.05, 4.69) is 49.9 Å². The molecule has 0 aliphatic carbocycles. The lowest BCUT2D eigenvalue weighted by molar-refractivity contribution is 0.0376. The lowest BCUT2D eigenvalue weighted by atomic mass is 10.1. The first-order valence-corrected chi connectivity index (χ1v) is 10.9. The Balaban J connectivity index is 1.37. The molecule has 154 valence electrons. The SMILES string of the molecule is C/C(=N/NC(=S)NCCCN1CCOCC1)c1ccc(N2CCCCC2)cc1. The summed E-state index contributed by atoms with van der Waals surface area (Å²) in [6.07, 6.45) is 5.00.